The molecule has 0 spiro atoms. The highest BCUT2D eigenvalue weighted by Gasteiger charge is 2.32. The van der Waals surface area contributed by atoms with Crippen LogP contribution in [0.4, 0.5) is 0 Å². The van der Waals surface area contributed by atoms with Crippen LogP contribution < -0.4 is 9.47 Å². The lowest BCUT2D eigenvalue weighted by molar-refractivity contribution is -0.143. The first-order chi connectivity index (χ1) is 11.7. The van der Waals surface area contributed by atoms with Crippen molar-refractivity contribution in [2.45, 2.75) is 18.9 Å². The molecule has 1 aromatic carbocycles. The topological polar surface area (TPSA) is 72.1 Å². The molecule has 0 saturated carbocycles. The van der Waals surface area contributed by atoms with Gasteiger partial charge in [0.05, 0.1) is 18.2 Å². The van der Waals surface area contributed by atoms with Crippen LogP contribution in [-0.2, 0) is 4.79 Å². The number of aliphatic carboxylic acids is 1. The summed E-state index contributed by atoms with van der Waals surface area (Å²) in [6.45, 7) is 1.68. The van der Waals surface area contributed by atoms with Crippen LogP contribution in [0.3, 0.4) is 0 Å². The van der Waals surface area contributed by atoms with Gasteiger partial charge in [0.2, 0.25) is 6.79 Å². The number of nitrogens with zero attached hydrogens (tertiary/aromatic N) is 1. The lowest BCUT2D eigenvalue weighted by atomic mass is 9.93. The summed E-state index contributed by atoms with van der Waals surface area (Å²) in [7, 11) is 0. The Morgan fingerprint density at radius 3 is 2.67 bits per heavy atom. The Hall–Kier alpha value is -2.47. The molecule has 0 aliphatic carbocycles. The minimum atomic E-state index is -0.702. The number of carboxylic acids is 1. The lowest BCUT2D eigenvalue weighted by Crippen LogP contribution is -2.39. The largest absolute Gasteiger partial charge is 0.481 e. The Bertz CT molecular complexity index is 719. The van der Waals surface area contributed by atoms with Gasteiger partial charge in [0.25, 0.3) is 0 Å². The van der Waals surface area contributed by atoms with Gasteiger partial charge in [0.1, 0.15) is 5.76 Å². The lowest BCUT2D eigenvalue weighted by Gasteiger charge is -2.35. The van der Waals surface area contributed by atoms with Crippen molar-refractivity contribution in [3.63, 3.8) is 0 Å². The molecule has 1 saturated heterocycles. The highest BCUT2D eigenvalue weighted by Crippen LogP contribution is 2.39. The van der Waals surface area contributed by atoms with E-state index in [2.05, 4.69) is 4.90 Å². The van der Waals surface area contributed by atoms with Gasteiger partial charge in [-0.2, -0.15) is 0 Å². The van der Waals surface area contributed by atoms with Gasteiger partial charge < -0.3 is 19.0 Å². The van der Waals surface area contributed by atoms with E-state index in [0.29, 0.717) is 12.8 Å². The van der Waals surface area contributed by atoms with Gasteiger partial charge in [-0.1, -0.05) is 6.07 Å². The van der Waals surface area contributed by atoms with E-state index in [0.717, 1.165) is 35.9 Å². The van der Waals surface area contributed by atoms with Crippen molar-refractivity contribution in [3.05, 3.63) is 47.9 Å². The molecule has 2 aliphatic rings. The Balaban J connectivity index is 1.62. The van der Waals surface area contributed by atoms with Crippen molar-refractivity contribution in [1.82, 2.24) is 4.90 Å². The molecule has 6 nitrogen and oxygen atoms in total. The zero-order valence-corrected chi connectivity index (χ0v) is 13.2. The third-order valence-corrected chi connectivity index (χ3v) is 4.77. The Morgan fingerprint density at radius 1 is 1.17 bits per heavy atom. The zero-order valence-electron chi connectivity index (χ0n) is 13.2. The van der Waals surface area contributed by atoms with Crippen molar-refractivity contribution in [3.8, 4) is 11.5 Å². The molecule has 1 atom stereocenters. The van der Waals surface area contributed by atoms with Gasteiger partial charge in [-0.25, -0.2) is 0 Å². The number of carboxylic acid groups (broad SMARTS) is 1. The molecule has 1 aromatic heterocycles. The van der Waals surface area contributed by atoms with E-state index in [1.165, 1.54) is 0 Å². The normalized spacial score (nSPS) is 19.3. The molecule has 0 radical (unpaired) electrons. The molecule has 0 bridgehead atoms. The van der Waals surface area contributed by atoms with Crippen molar-refractivity contribution < 1.29 is 23.8 Å². The molecule has 1 N–H and O–H groups in total. The number of rotatable bonds is 4. The molecular formula is C18H19NO5. The van der Waals surface area contributed by atoms with Gasteiger partial charge in [-0.15, -0.1) is 0 Å². The Morgan fingerprint density at radius 2 is 1.96 bits per heavy atom. The molecule has 1 unspecified atom stereocenters. The summed E-state index contributed by atoms with van der Waals surface area (Å²) in [4.78, 5) is 13.5. The summed E-state index contributed by atoms with van der Waals surface area (Å²) < 4.78 is 16.5. The van der Waals surface area contributed by atoms with E-state index < -0.39 is 5.97 Å². The SMILES string of the molecule is O=C(O)C1CCN(C(c2ccc3c(c2)OCO3)c2ccco2)CC1. The van der Waals surface area contributed by atoms with Gasteiger partial charge >= 0.3 is 5.97 Å². The molecule has 2 aliphatic heterocycles. The third-order valence-electron chi connectivity index (χ3n) is 4.77. The molecule has 126 valence electrons. The van der Waals surface area contributed by atoms with Gasteiger partial charge in [-0.3, -0.25) is 9.69 Å². The van der Waals surface area contributed by atoms with Gasteiger partial charge in [-0.05, 0) is 55.8 Å². The maximum absolute atomic E-state index is 11.2. The second kappa shape index (κ2) is 6.20. The fourth-order valence-electron chi connectivity index (χ4n) is 3.49. The smallest absolute Gasteiger partial charge is 0.306 e. The van der Waals surface area contributed by atoms with Crippen molar-refractivity contribution in [2.24, 2.45) is 5.92 Å². The average Bonchev–Trinajstić information content (AvgIpc) is 3.26. The quantitative estimate of drug-likeness (QED) is 0.930. The molecule has 4 rings (SSSR count). The standard InChI is InChI=1S/C18H19NO5/c20-18(21)12-5-7-19(8-6-12)17(15-2-1-9-22-15)13-3-4-14-16(10-13)24-11-23-14/h1-4,9-10,12,17H,5-8,11H2,(H,20,21). The van der Waals surface area contributed by atoms with Crippen LogP contribution in [0.15, 0.2) is 41.0 Å². The highest BCUT2D eigenvalue weighted by molar-refractivity contribution is 5.70. The van der Waals surface area contributed by atoms with Crippen molar-refractivity contribution >= 4 is 5.97 Å². The number of ether oxygens (including phenoxy) is 2. The molecule has 3 heterocycles. The van der Waals surface area contributed by atoms with E-state index in [4.69, 9.17) is 13.9 Å². The maximum Gasteiger partial charge on any atom is 0.306 e. The van der Waals surface area contributed by atoms with Crippen LogP contribution in [0, 0.1) is 5.92 Å². The highest BCUT2D eigenvalue weighted by atomic mass is 16.7. The second-order valence-corrected chi connectivity index (χ2v) is 6.18. The van der Waals surface area contributed by atoms with Gasteiger partial charge in [0.15, 0.2) is 11.5 Å². The molecule has 0 amide bonds. The first-order valence-corrected chi connectivity index (χ1v) is 8.12. The van der Waals surface area contributed by atoms with E-state index in [-0.39, 0.29) is 18.8 Å². The number of furan rings is 1. The van der Waals surface area contributed by atoms with Crippen LogP contribution in [-0.4, -0.2) is 35.9 Å². The summed E-state index contributed by atoms with van der Waals surface area (Å²) in [5.74, 6) is 1.39. The van der Waals surface area contributed by atoms with E-state index in [1.54, 1.807) is 6.26 Å². The van der Waals surface area contributed by atoms with E-state index in [1.807, 2.05) is 30.3 Å². The zero-order chi connectivity index (χ0) is 16.5. The summed E-state index contributed by atoms with van der Waals surface area (Å²) in [6.07, 6.45) is 2.97. The van der Waals surface area contributed by atoms with Crippen molar-refractivity contribution in [1.29, 1.82) is 0 Å². The predicted molar refractivity (Wildman–Crippen MR) is 85.0 cm³/mol. The molecular weight excluding hydrogens is 310 g/mol. The summed E-state index contributed by atoms with van der Waals surface area (Å²) in [5, 5.41) is 9.20. The number of piperidine rings is 1. The summed E-state index contributed by atoms with van der Waals surface area (Å²) in [6, 6.07) is 9.70. The molecule has 6 heteroatoms. The van der Waals surface area contributed by atoms with Gasteiger partial charge in [0, 0.05) is 0 Å². The van der Waals surface area contributed by atoms with E-state index >= 15 is 0 Å². The molecule has 2 aromatic rings. The van der Waals surface area contributed by atoms with Crippen LogP contribution in [0.5, 0.6) is 11.5 Å². The predicted octanol–water partition coefficient (Wildman–Crippen LogP) is 2.89. The van der Waals surface area contributed by atoms with E-state index in [9.17, 15) is 9.90 Å². The number of hydrogen-bond acceptors (Lipinski definition) is 5. The minimum absolute atomic E-state index is 0.0516. The number of benzene rings is 1. The summed E-state index contributed by atoms with van der Waals surface area (Å²) >= 11 is 0. The number of hydrogen-bond donors (Lipinski definition) is 1. The number of fused-ring (bicyclic) bond motifs is 1. The van der Waals surface area contributed by atoms with Crippen LogP contribution in [0.25, 0.3) is 0 Å². The number of likely N-dealkylation sites (tertiary alicyclic amines) is 1. The van der Waals surface area contributed by atoms with Crippen LogP contribution in [0.2, 0.25) is 0 Å². The molecule has 24 heavy (non-hydrogen) atoms. The summed E-state index contributed by atoms with van der Waals surface area (Å²) in [5.41, 5.74) is 1.06. The first-order valence-electron chi connectivity index (χ1n) is 8.12. The number of carbonyl (C=O) groups is 1. The Kier molecular flexibility index (Phi) is 3.90. The second-order valence-electron chi connectivity index (χ2n) is 6.18. The third kappa shape index (κ3) is 2.73. The Labute approximate surface area is 139 Å². The fraction of sp³-hybridized carbons (Fsp3) is 0.389. The van der Waals surface area contributed by atoms with Crippen molar-refractivity contribution in [2.75, 3.05) is 19.9 Å². The first kappa shape index (κ1) is 15.1. The fourth-order valence-corrected chi connectivity index (χ4v) is 3.49. The minimum Gasteiger partial charge on any atom is -0.481 e. The maximum atomic E-state index is 11.2. The monoisotopic (exact) mass is 329 g/mol. The van der Waals surface area contributed by atoms with Crippen LogP contribution in [0.1, 0.15) is 30.2 Å². The van der Waals surface area contributed by atoms with Crippen LogP contribution >= 0.6 is 0 Å². The molecule has 1 fully saturated rings. The average molecular weight is 329 g/mol.